The van der Waals surface area contributed by atoms with Crippen LogP contribution in [0, 0.1) is 12.8 Å². The lowest BCUT2D eigenvalue weighted by Crippen LogP contribution is -2.30. The quantitative estimate of drug-likeness (QED) is 0.644. The van der Waals surface area contributed by atoms with Gasteiger partial charge >= 0.3 is 6.03 Å². The molecule has 3 amide bonds. The number of benzene rings is 1. The Morgan fingerprint density at radius 3 is 2.61 bits per heavy atom. The number of rotatable bonds is 8. The normalized spacial score (nSPS) is 10.5. The van der Waals surface area contributed by atoms with Crippen molar-refractivity contribution in [2.24, 2.45) is 5.92 Å². The molecule has 23 heavy (non-hydrogen) atoms. The average molecular weight is 321 g/mol. The van der Waals surface area contributed by atoms with Crippen molar-refractivity contribution < 1.29 is 14.3 Å². The van der Waals surface area contributed by atoms with Crippen molar-refractivity contribution in [1.82, 2.24) is 5.32 Å². The molecule has 0 spiro atoms. The van der Waals surface area contributed by atoms with E-state index in [2.05, 4.69) is 16.0 Å². The van der Waals surface area contributed by atoms with Crippen LogP contribution in [0.2, 0.25) is 0 Å². The number of aryl methyl sites for hydroxylation is 1. The predicted octanol–water partition coefficient (Wildman–Crippen LogP) is 3.14. The van der Waals surface area contributed by atoms with Crippen molar-refractivity contribution in [3.63, 3.8) is 0 Å². The number of ether oxygens (including phenoxy) is 1. The summed E-state index contributed by atoms with van der Waals surface area (Å²) in [4.78, 5) is 23.6. The number of amides is 3. The Bertz CT molecular complexity index is 530. The van der Waals surface area contributed by atoms with E-state index in [1.807, 2.05) is 39.8 Å². The number of anilines is 2. The molecule has 128 valence electrons. The molecule has 0 saturated carbocycles. The molecule has 0 radical (unpaired) electrons. The van der Waals surface area contributed by atoms with E-state index >= 15 is 0 Å². The van der Waals surface area contributed by atoms with Gasteiger partial charge in [-0.2, -0.15) is 0 Å². The Balaban J connectivity index is 2.55. The molecule has 6 nitrogen and oxygen atoms in total. The lowest BCUT2D eigenvalue weighted by Gasteiger charge is -2.13. The van der Waals surface area contributed by atoms with Gasteiger partial charge in [-0.05, 0) is 38.0 Å². The molecule has 0 saturated heterocycles. The molecule has 6 heteroatoms. The first-order valence-corrected chi connectivity index (χ1v) is 7.98. The number of hydrogen-bond acceptors (Lipinski definition) is 3. The summed E-state index contributed by atoms with van der Waals surface area (Å²) in [7, 11) is 0. The maximum Gasteiger partial charge on any atom is 0.319 e. The van der Waals surface area contributed by atoms with E-state index in [1.54, 1.807) is 6.07 Å². The highest BCUT2D eigenvalue weighted by molar-refractivity contribution is 5.94. The molecule has 0 aromatic heterocycles. The molecule has 3 N–H and O–H groups in total. The van der Waals surface area contributed by atoms with Gasteiger partial charge < -0.3 is 20.7 Å². The number of nitrogens with one attached hydrogen (secondary N) is 3. The predicted molar refractivity (Wildman–Crippen MR) is 92.8 cm³/mol. The van der Waals surface area contributed by atoms with E-state index in [9.17, 15) is 9.59 Å². The first kappa shape index (κ1) is 19.0. The van der Waals surface area contributed by atoms with Gasteiger partial charge in [0.1, 0.15) is 0 Å². The van der Waals surface area contributed by atoms with E-state index in [4.69, 9.17) is 4.74 Å². The highest BCUT2D eigenvalue weighted by atomic mass is 16.5. The van der Waals surface area contributed by atoms with Crippen molar-refractivity contribution in [3.8, 4) is 0 Å². The van der Waals surface area contributed by atoms with Crippen LogP contribution in [0.1, 0.15) is 32.8 Å². The summed E-state index contributed by atoms with van der Waals surface area (Å²) in [5.74, 6) is -0.151. The van der Waals surface area contributed by atoms with Gasteiger partial charge in [-0.1, -0.05) is 19.9 Å². The molecule has 0 atom stereocenters. The minimum atomic E-state index is -0.267. The zero-order valence-electron chi connectivity index (χ0n) is 14.4. The molecule has 0 aliphatic heterocycles. The van der Waals surface area contributed by atoms with Gasteiger partial charge in [0.15, 0.2) is 0 Å². The van der Waals surface area contributed by atoms with Crippen molar-refractivity contribution in [3.05, 3.63) is 23.8 Å². The molecule has 1 aromatic rings. The Morgan fingerprint density at radius 1 is 1.22 bits per heavy atom. The largest absolute Gasteiger partial charge is 0.382 e. The zero-order valence-corrected chi connectivity index (χ0v) is 14.4. The van der Waals surface area contributed by atoms with Gasteiger partial charge in [0.05, 0.1) is 0 Å². The molecular weight excluding hydrogens is 294 g/mol. The smallest absolute Gasteiger partial charge is 0.319 e. The first-order chi connectivity index (χ1) is 10.9. The van der Waals surface area contributed by atoms with Crippen molar-refractivity contribution in [2.45, 2.75) is 34.1 Å². The van der Waals surface area contributed by atoms with Crippen molar-refractivity contribution in [1.29, 1.82) is 0 Å². The van der Waals surface area contributed by atoms with Gasteiger partial charge in [-0.15, -0.1) is 0 Å². The molecular formula is C17H27N3O3. The molecule has 1 aromatic carbocycles. The minimum absolute atomic E-state index is 0.0554. The second-order valence-electron chi connectivity index (χ2n) is 5.61. The monoisotopic (exact) mass is 321 g/mol. The third kappa shape index (κ3) is 7.15. The molecule has 0 aliphatic carbocycles. The van der Waals surface area contributed by atoms with Crippen molar-refractivity contribution in [2.75, 3.05) is 30.4 Å². The molecule has 0 aliphatic rings. The average Bonchev–Trinajstić information content (AvgIpc) is 2.50. The van der Waals surface area contributed by atoms with E-state index in [1.165, 1.54) is 0 Å². The maximum atomic E-state index is 11.9. The van der Waals surface area contributed by atoms with Gasteiger partial charge in [0.2, 0.25) is 5.91 Å². The van der Waals surface area contributed by atoms with Crippen LogP contribution in [-0.2, 0) is 9.53 Å². The lowest BCUT2D eigenvalue weighted by molar-refractivity contribution is -0.118. The van der Waals surface area contributed by atoms with Crippen LogP contribution < -0.4 is 16.0 Å². The summed E-state index contributed by atoms with van der Waals surface area (Å²) in [5, 5.41) is 8.40. The van der Waals surface area contributed by atoms with E-state index in [0.717, 1.165) is 12.0 Å². The highest BCUT2D eigenvalue weighted by Crippen LogP contribution is 2.20. The van der Waals surface area contributed by atoms with Gasteiger partial charge in [0, 0.05) is 37.1 Å². The van der Waals surface area contributed by atoms with Crippen LogP contribution in [0.4, 0.5) is 16.2 Å². The van der Waals surface area contributed by atoms with E-state index < -0.39 is 0 Å². The third-order valence-electron chi connectivity index (χ3n) is 3.23. The summed E-state index contributed by atoms with van der Waals surface area (Å²) in [6.07, 6.45) is 0.769. The molecule has 0 bridgehead atoms. The third-order valence-corrected chi connectivity index (χ3v) is 3.23. The standard InChI is InChI=1S/C17H27N3O3/c1-5-23-10-6-9-18-17(22)20-15-11-14(8-7-13(15)4)19-16(21)12(2)3/h7-8,11-12H,5-6,9-10H2,1-4H3,(H,19,21)(H2,18,20,22). The molecule has 0 fully saturated rings. The number of urea groups is 1. The van der Waals surface area contributed by atoms with Crippen LogP contribution >= 0.6 is 0 Å². The minimum Gasteiger partial charge on any atom is -0.382 e. The number of carbonyl (C=O) groups is 2. The SMILES string of the molecule is CCOCCCNC(=O)Nc1cc(NC(=O)C(C)C)ccc1C. The summed E-state index contributed by atoms with van der Waals surface area (Å²) >= 11 is 0. The van der Waals surface area contributed by atoms with E-state index in [-0.39, 0.29) is 17.9 Å². The lowest BCUT2D eigenvalue weighted by atomic mass is 10.1. The Labute approximate surface area is 138 Å². The molecule has 0 heterocycles. The van der Waals surface area contributed by atoms with Crippen LogP contribution in [0.5, 0.6) is 0 Å². The van der Waals surface area contributed by atoms with Crippen LogP contribution in [-0.4, -0.2) is 31.7 Å². The van der Waals surface area contributed by atoms with Crippen LogP contribution in [0.3, 0.4) is 0 Å². The van der Waals surface area contributed by atoms with Gasteiger partial charge in [0.25, 0.3) is 0 Å². The summed E-state index contributed by atoms with van der Waals surface area (Å²) in [6.45, 7) is 9.37. The Hall–Kier alpha value is -2.08. The maximum absolute atomic E-state index is 11.9. The highest BCUT2D eigenvalue weighted by Gasteiger charge is 2.09. The Kier molecular flexibility index (Phi) is 8.11. The molecule has 1 rings (SSSR count). The van der Waals surface area contributed by atoms with Crippen LogP contribution in [0.15, 0.2) is 18.2 Å². The van der Waals surface area contributed by atoms with Gasteiger partial charge in [-0.25, -0.2) is 4.79 Å². The topological polar surface area (TPSA) is 79.5 Å². The second kappa shape index (κ2) is 9.84. The van der Waals surface area contributed by atoms with Crippen LogP contribution in [0.25, 0.3) is 0 Å². The molecule has 0 unspecified atom stereocenters. The van der Waals surface area contributed by atoms with Gasteiger partial charge in [-0.3, -0.25) is 4.79 Å². The fraction of sp³-hybridized carbons (Fsp3) is 0.529. The number of hydrogen-bond donors (Lipinski definition) is 3. The fourth-order valence-electron chi connectivity index (χ4n) is 1.81. The Morgan fingerprint density at radius 2 is 1.96 bits per heavy atom. The number of carbonyl (C=O) groups excluding carboxylic acids is 2. The zero-order chi connectivity index (χ0) is 17.2. The van der Waals surface area contributed by atoms with Crippen molar-refractivity contribution >= 4 is 23.3 Å². The summed E-state index contributed by atoms with van der Waals surface area (Å²) in [6, 6.07) is 5.17. The first-order valence-electron chi connectivity index (χ1n) is 7.98. The second-order valence-corrected chi connectivity index (χ2v) is 5.61. The fourth-order valence-corrected chi connectivity index (χ4v) is 1.81. The summed E-state index contributed by atoms with van der Waals surface area (Å²) in [5.41, 5.74) is 2.27. The summed E-state index contributed by atoms with van der Waals surface area (Å²) < 4.78 is 5.21. The van der Waals surface area contributed by atoms with E-state index in [0.29, 0.717) is 31.1 Å².